The van der Waals surface area contributed by atoms with Gasteiger partial charge in [0, 0.05) is 154 Å². The molecule has 38 heteroatoms. The number of nitrogens with one attached hydrogen (secondary N) is 1. The summed E-state index contributed by atoms with van der Waals surface area (Å²) in [5.41, 5.74) is 0. The topological polar surface area (TPSA) is 302 Å². The number of carbonyl (C=O) groups excluding carboxylic acids is 3. The number of rotatable bonds is 16. The standard InChI is InChI=1S/C18H21ClN4O5S.C18H21ClN4O3S.C12H10Cl2N2O2S.C7H7ClO2.C6H12N2O.C5H4Cl2N2S/c1-12(24)22-6-8-23(9-7-22)16-11-17(21-18(20-16)29(3,25)26)28-15-5-4-13(27-2)10-14(15)19;1-12(24)22-6-8-23(9-7-22)16-11-17(21-18(20-16)27-3)26-15-5-4-13(25-2)10-14(15)19;1-17-7-3-4-9(8(13)5-7)18-11-6-10(14)15-12(16-11)19-2;1-10-5-2-3-7(9)6(8)4-5;1-6(9)8-4-2-7-3-5-8;1-10-5-8-3(6)2-4(7)9-5/h4-5,10-11H,6-9H2,1-3H3;4-5,10-11H,6-9H2,1-3H3;3-6H,1-2H3;2-4,9H,1H3;7H,2-5H2,1H3;2H,1H3. The fraction of sp³-hybridized carbons (Fsp3) is 0.348. The highest BCUT2D eigenvalue weighted by Crippen LogP contribution is 2.37. The van der Waals surface area contributed by atoms with Gasteiger partial charge in [0.2, 0.25) is 45.2 Å². The average molecular weight is 1650 g/mol. The van der Waals surface area contributed by atoms with Crippen LogP contribution in [-0.4, -0.2) is 218 Å². The number of aromatic nitrogens is 8. The van der Waals surface area contributed by atoms with E-state index in [4.69, 9.17) is 119 Å². The Bertz CT molecular complexity index is 4290. The molecule has 7 heterocycles. The second-order valence-corrected chi connectivity index (χ2v) is 28.5. The van der Waals surface area contributed by atoms with Gasteiger partial charge in [0.05, 0.1) is 48.5 Å². The molecule has 11 rings (SSSR count). The van der Waals surface area contributed by atoms with E-state index in [2.05, 4.69) is 50.1 Å². The lowest BCUT2D eigenvalue weighted by Gasteiger charge is -2.35. The number of nitrogens with zero attached hydrogens (tertiary/aromatic N) is 13. The molecule has 0 radical (unpaired) electrons. The first-order valence-electron chi connectivity index (χ1n) is 30.9. The largest absolute Gasteiger partial charge is 0.506 e. The van der Waals surface area contributed by atoms with Crippen LogP contribution in [0.2, 0.25) is 35.5 Å². The third-order valence-corrected chi connectivity index (χ3v) is 18.6. The Morgan fingerprint density at radius 1 is 0.423 bits per heavy atom. The van der Waals surface area contributed by atoms with E-state index in [9.17, 15) is 22.8 Å². The normalized spacial score (nSPS) is 13.2. The Morgan fingerprint density at radius 2 is 0.750 bits per heavy atom. The number of ether oxygens (including phenoxy) is 7. The number of carbonyl (C=O) groups is 3. The van der Waals surface area contributed by atoms with Gasteiger partial charge >= 0.3 is 0 Å². The summed E-state index contributed by atoms with van der Waals surface area (Å²) in [7, 11) is 2.55. The molecule has 104 heavy (non-hydrogen) atoms. The lowest BCUT2D eigenvalue weighted by molar-refractivity contribution is -0.130. The van der Waals surface area contributed by atoms with E-state index >= 15 is 0 Å². The summed E-state index contributed by atoms with van der Waals surface area (Å²) in [5.74, 6) is 6.15. The highest BCUT2D eigenvalue weighted by atomic mass is 35.5. The summed E-state index contributed by atoms with van der Waals surface area (Å²) < 4.78 is 61.6. The van der Waals surface area contributed by atoms with Crippen LogP contribution in [0.5, 0.6) is 63.6 Å². The molecule has 4 aromatic carbocycles. The lowest BCUT2D eigenvalue weighted by Crippen LogP contribution is -2.48. The fourth-order valence-corrected chi connectivity index (χ4v) is 12.1. The van der Waals surface area contributed by atoms with Gasteiger partial charge in [0.1, 0.15) is 73.1 Å². The molecular weight excluding hydrogens is 1570 g/mol. The minimum Gasteiger partial charge on any atom is -0.506 e. The van der Waals surface area contributed by atoms with Gasteiger partial charge in [-0.1, -0.05) is 116 Å². The maximum Gasteiger partial charge on any atom is 0.252 e. The van der Waals surface area contributed by atoms with Gasteiger partial charge in [-0.3, -0.25) is 14.4 Å². The van der Waals surface area contributed by atoms with E-state index in [1.807, 2.05) is 33.5 Å². The van der Waals surface area contributed by atoms with Gasteiger partial charge in [-0.05, 0) is 67.3 Å². The number of benzene rings is 4. The van der Waals surface area contributed by atoms with E-state index in [0.717, 1.165) is 38.3 Å². The van der Waals surface area contributed by atoms with Gasteiger partial charge in [-0.15, -0.1) is 0 Å². The molecule has 4 aromatic heterocycles. The molecule has 0 spiro atoms. The van der Waals surface area contributed by atoms with Gasteiger partial charge in [-0.2, -0.15) is 15.0 Å². The van der Waals surface area contributed by atoms with Crippen LogP contribution in [0.25, 0.3) is 0 Å². The summed E-state index contributed by atoms with van der Waals surface area (Å²) in [6.45, 7) is 13.2. The van der Waals surface area contributed by atoms with E-state index in [1.165, 1.54) is 67.5 Å². The highest BCUT2D eigenvalue weighted by molar-refractivity contribution is 7.98. The van der Waals surface area contributed by atoms with Crippen LogP contribution in [0.3, 0.4) is 0 Å². The molecule has 2 N–H and O–H groups in total. The number of phenols is 1. The summed E-state index contributed by atoms with van der Waals surface area (Å²) in [6.07, 6.45) is 6.67. The van der Waals surface area contributed by atoms with Gasteiger partial charge in [0.25, 0.3) is 5.16 Å². The van der Waals surface area contributed by atoms with E-state index in [0.29, 0.717) is 161 Å². The molecule has 0 aliphatic carbocycles. The second-order valence-electron chi connectivity index (χ2n) is 21.4. The van der Waals surface area contributed by atoms with Crippen LogP contribution in [0.15, 0.2) is 118 Å². The first-order valence-corrected chi connectivity index (χ1v) is 39.2. The number of halogens is 7. The molecule has 0 bridgehead atoms. The molecule has 3 aliphatic heterocycles. The van der Waals surface area contributed by atoms with E-state index in [-0.39, 0.29) is 34.5 Å². The minimum atomic E-state index is -3.67. The van der Waals surface area contributed by atoms with Crippen LogP contribution in [-0.2, 0) is 24.2 Å². The maximum absolute atomic E-state index is 12.1. The number of thioether (sulfide) groups is 3. The predicted molar refractivity (Wildman–Crippen MR) is 410 cm³/mol. The van der Waals surface area contributed by atoms with Crippen molar-refractivity contribution in [1.82, 2.24) is 59.9 Å². The number of phenolic OH excluding ortho intramolecular Hbond substituents is 1. The minimum absolute atomic E-state index is 0.00216. The molecular formula is C66H75Cl7N14O13S4. The SMILES string of the molecule is CC(=O)N1CCNCC1.COc1ccc(O)c(Cl)c1.COc1ccc(Oc2cc(Cl)nc(SC)n2)c(Cl)c1.COc1ccc(Oc2cc(N3CCN(C(C)=O)CC3)nc(S(C)(=O)=O)n2)c(Cl)c1.COc1ccc(Oc2cc(N3CCN(C(C)=O)CC3)nc(SC)n2)c(Cl)c1.CSc1nc(Cl)cc(Cl)n1. The van der Waals surface area contributed by atoms with Gasteiger partial charge < -0.3 is 68.1 Å². The number of methoxy groups -OCH3 is 4. The molecule has 0 atom stereocenters. The second kappa shape index (κ2) is 42.7. The zero-order valence-corrected chi connectivity index (χ0v) is 66.7. The smallest absolute Gasteiger partial charge is 0.252 e. The summed E-state index contributed by atoms with van der Waals surface area (Å²) in [5, 5.41) is 16.1. The van der Waals surface area contributed by atoms with Crippen LogP contribution < -0.4 is 48.3 Å². The van der Waals surface area contributed by atoms with Crippen molar-refractivity contribution in [3.63, 3.8) is 0 Å². The van der Waals surface area contributed by atoms with Gasteiger partial charge in [-0.25, -0.2) is 33.3 Å². The molecule has 3 saturated heterocycles. The first kappa shape index (κ1) is 85.5. The third-order valence-electron chi connectivity index (χ3n) is 14.4. The molecule has 27 nitrogen and oxygen atoms in total. The Balaban J connectivity index is 0.000000208. The Labute approximate surface area is 651 Å². The average Bonchev–Trinajstić information content (AvgIpc) is 0.806. The quantitative estimate of drug-likeness (QED) is 0.0516. The van der Waals surface area contributed by atoms with Crippen LogP contribution in [0.4, 0.5) is 11.6 Å². The van der Waals surface area contributed by atoms with Gasteiger partial charge in [0.15, 0.2) is 15.5 Å². The van der Waals surface area contributed by atoms with Crippen LogP contribution >= 0.6 is 116 Å². The Kier molecular flexibility index (Phi) is 35.1. The lowest BCUT2D eigenvalue weighted by atomic mass is 10.3. The molecule has 0 saturated carbocycles. The number of amides is 3. The molecule has 3 aliphatic rings. The van der Waals surface area contributed by atoms with Crippen molar-refractivity contribution in [2.75, 3.05) is 142 Å². The van der Waals surface area contributed by atoms with E-state index in [1.54, 1.807) is 119 Å². The van der Waals surface area contributed by atoms with Crippen molar-refractivity contribution in [2.45, 2.75) is 41.4 Å². The molecule has 0 unspecified atom stereocenters. The number of hydrogen-bond donors (Lipinski definition) is 2. The van der Waals surface area contributed by atoms with Crippen LogP contribution in [0.1, 0.15) is 20.8 Å². The molecule has 8 aromatic rings. The van der Waals surface area contributed by atoms with Crippen molar-refractivity contribution in [1.29, 1.82) is 0 Å². The van der Waals surface area contributed by atoms with Crippen molar-refractivity contribution in [3.05, 3.63) is 133 Å². The maximum atomic E-state index is 12.1. The third kappa shape index (κ3) is 27.8. The Morgan fingerprint density at radius 3 is 1.10 bits per heavy atom. The van der Waals surface area contributed by atoms with Crippen molar-refractivity contribution < 1.29 is 61.1 Å². The predicted octanol–water partition coefficient (Wildman–Crippen LogP) is 13.6. The molecule has 560 valence electrons. The number of hydrogen-bond acceptors (Lipinski definition) is 27. The molecule has 3 fully saturated rings. The van der Waals surface area contributed by atoms with Crippen molar-refractivity contribution >= 4 is 156 Å². The zero-order chi connectivity index (χ0) is 76.2. The molecule has 3 amide bonds. The number of piperazine rings is 3. The van der Waals surface area contributed by atoms with Crippen LogP contribution in [0, 0.1) is 0 Å². The Hall–Kier alpha value is -7.40. The summed E-state index contributed by atoms with van der Waals surface area (Å²) in [6, 6.07) is 26.2. The zero-order valence-electron chi connectivity index (χ0n) is 58.2. The fourth-order valence-electron chi connectivity index (χ4n) is 8.96. The van der Waals surface area contributed by atoms with Crippen molar-refractivity contribution in [3.8, 4) is 63.6 Å². The number of anilines is 2. The first-order chi connectivity index (χ1) is 49.5. The van der Waals surface area contributed by atoms with Crippen molar-refractivity contribution in [2.24, 2.45) is 0 Å². The van der Waals surface area contributed by atoms with E-state index < -0.39 is 9.84 Å². The summed E-state index contributed by atoms with van der Waals surface area (Å²) in [4.78, 5) is 76.3. The highest BCUT2D eigenvalue weighted by Gasteiger charge is 2.25. The summed E-state index contributed by atoms with van der Waals surface area (Å²) >= 11 is 45.4. The monoisotopic (exact) mass is 1640 g/mol. The number of sulfone groups is 1. The number of aromatic hydroxyl groups is 1.